The highest BCUT2D eigenvalue weighted by Gasteiger charge is 2.17. The van der Waals surface area contributed by atoms with Crippen LogP contribution in [0.25, 0.3) is 0 Å². The van der Waals surface area contributed by atoms with Crippen LogP contribution in [0.4, 0.5) is 5.82 Å². The fourth-order valence-electron chi connectivity index (χ4n) is 2.83. The smallest absolute Gasteiger partial charge is 0.271 e. The van der Waals surface area contributed by atoms with Gasteiger partial charge in [0.25, 0.3) is 5.91 Å². The molecule has 0 radical (unpaired) electrons. The van der Waals surface area contributed by atoms with Gasteiger partial charge in [-0.25, -0.2) is 9.97 Å². The molecule has 0 atom stereocenters. The lowest BCUT2D eigenvalue weighted by Gasteiger charge is -2.18. The molecule has 0 saturated heterocycles. The summed E-state index contributed by atoms with van der Waals surface area (Å²) in [7, 11) is 2.00. The van der Waals surface area contributed by atoms with E-state index < -0.39 is 0 Å². The van der Waals surface area contributed by atoms with Crippen LogP contribution in [0.15, 0.2) is 12.4 Å². The van der Waals surface area contributed by atoms with Gasteiger partial charge in [-0.15, -0.1) is 0 Å². The Morgan fingerprint density at radius 3 is 2.55 bits per heavy atom. The third kappa shape index (κ3) is 4.97. The van der Waals surface area contributed by atoms with Crippen LogP contribution in [0, 0.1) is 0 Å². The number of nitrogens with one attached hydrogen (secondary N) is 1. The maximum absolute atomic E-state index is 12.3. The Morgan fingerprint density at radius 2 is 1.95 bits per heavy atom. The monoisotopic (exact) mass is 304 g/mol. The van der Waals surface area contributed by atoms with Crippen molar-refractivity contribution in [2.24, 2.45) is 0 Å². The van der Waals surface area contributed by atoms with E-state index >= 15 is 0 Å². The molecule has 0 aliphatic heterocycles. The Morgan fingerprint density at radius 1 is 1.23 bits per heavy atom. The molecule has 1 aliphatic rings. The first-order chi connectivity index (χ1) is 10.7. The number of hydrogen-bond acceptors (Lipinski definition) is 4. The lowest BCUT2D eigenvalue weighted by molar-refractivity contribution is 0.0928. The summed E-state index contributed by atoms with van der Waals surface area (Å²) in [5.41, 5.74) is 0.414. The fraction of sp³-hybridized carbons (Fsp3) is 0.706. The van der Waals surface area contributed by atoms with Gasteiger partial charge in [-0.2, -0.15) is 0 Å². The first-order valence-electron chi connectivity index (χ1n) is 8.54. The number of anilines is 1. The van der Waals surface area contributed by atoms with Crippen LogP contribution in [0.5, 0.6) is 0 Å². The van der Waals surface area contributed by atoms with Crippen LogP contribution in [0.1, 0.15) is 68.8 Å². The molecule has 1 aromatic heterocycles. The third-order valence-corrected chi connectivity index (χ3v) is 4.30. The minimum Gasteiger partial charge on any atom is -0.358 e. The highest BCUT2D eigenvalue weighted by Crippen LogP contribution is 2.17. The van der Waals surface area contributed by atoms with Crippen LogP contribution in [-0.4, -0.2) is 35.5 Å². The molecule has 1 saturated carbocycles. The van der Waals surface area contributed by atoms with Crippen molar-refractivity contribution in [2.45, 2.75) is 64.3 Å². The minimum absolute atomic E-state index is 0.0952. The van der Waals surface area contributed by atoms with Gasteiger partial charge in [0.15, 0.2) is 0 Å². The molecule has 1 fully saturated rings. The summed E-state index contributed by atoms with van der Waals surface area (Å²) in [4.78, 5) is 23.0. The zero-order valence-corrected chi connectivity index (χ0v) is 13.8. The van der Waals surface area contributed by atoms with Gasteiger partial charge in [0.1, 0.15) is 11.5 Å². The molecule has 5 nitrogen and oxygen atoms in total. The molecular formula is C17H28N4O. The maximum atomic E-state index is 12.3. The molecule has 2 rings (SSSR count). The van der Waals surface area contributed by atoms with Crippen LogP contribution < -0.4 is 10.2 Å². The molecule has 1 aliphatic carbocycles. The van der Waals surface area contributed by atoms with E-state index in [0.717, 1.165) is 38.0 Å². The van der Waals surface area contributed by atoms with Crippen molar-refractivity contribution in [3.05, 3.63) is 18.1 Å². The van der Waals surface area contributed by atoms with Crippen molar-refractivity contribution < 1.29 is 4.79 Å². The quantitative estimate of drug-likeness (QED) is 0.820. The van der Waals surface area contributed by atoms with E-state index in [1.165, 1.54) is 25.7 Å². The van der Waals surface area contributed by atoms with E-state index in [-0.39, 0.29) is 5.91 Å². The number of rotatable bonds is 6. The van der Waals surface area contributed by atoms with Crippen LogP contribution in [0.2, 0.25) is 0 Å². The van der Waals surface area contributed by atoms with Gasteiger partial charge in [0.2, 0.25) is 0 Å². The molecule has 0 bridgehead atoms. The third-order valence-electron chi connectivity index (χ3n) is 4.30. The van der Waals surface area contributed by atoms with E-state index in [4.69, 9.17) is 0 Å². The predicted molar refractivity (Wildman–Crippen MR) is 89.2 cm³/mol. The summed E-state index contributed by atoms with van der Waals surface area (Å²) in [5.74, 6) is 0.724. The Bertz CT molecular complexity index is 452. The van der Waals surface area contributed by atoms with Crippen molar-refractivity contribution in [1.29, 1.82) is 0 Å². The van der Waals surface area contributed by atoms with Gasteiger partial charge in [-0.1, -0.05) is 39.0 Å². The van der Waals surface area contributed by atoms with E-state index in [0.29, 0.717) is 11.7 Å². The average Bonchev–Trinajstić information content (AvgIpc) is 2.81. The Balaban J connectivity index is 1.90. The van der Waals surface area contributed by atoms with Crippen molar-refractivity contribution in [3.63, 3.8) is 0 Å². The van der Waals surface area contributed by atoms with Gasteiger partial charge >= 0.3 is 0 Å². The fourth-order valence-corrected chi connectivity index (χ4v) is 2.83. The SMILES string of the molecule is CCCCN(C)c1cnc(C(=O)NC2CCCCCC2)cn1. The number of unbranched alkanes of at least 4 members (excludes halogenated alkanes) is 1. The molecule has 0 aromatic carbocycles. The number of carbonyl (C=O) groups excluding carboxylic acids is 1. The van der Waals surface area contributed by atoms with E-state index in [1.54, 1.807) is 12.4 Å². The molecule has 1 N–H and O–H groups in total. The van der Waals surface area contributed by atoms with Crippen molar-refractivity contribution in [1.82, 2.24) is 15.3 Å². The summed E-state index contributed by atoms with van der Waals surface area (Å²) in [5, 5.41) is 3.10. The second kappa shape index (κ2) is 8.71. The molecule has 1 aromatic rings. The standard InChI is InChI=1S/C17H28N4O/c1-3-4-11-21(2)16-13-18-15(12-19-16)17(22)20-14-9-7-5-6-8-10-14/h12-14H,3-11H2,1-2H3,(H,20,22). The summed E-state index contributed by atoms with van der Waals surface area (Å²) in [6.45, 7) is 3.12. The molecule has 0 spiro atoms. The summed E-state index contributed by atoms with van der Waals surface area (Å²) < 4.78 is 0. The lowest BCUT2D eigenvalue weighted by Crippen LogP contribution is -2.35. The van der Waals surface area contributed by atoms with Gasteiger partial charge < -0.3 is 10.2 Å². The molecule has 122 valence electrons. The summed E-state index contributed by atoms with van der Waals surface area (Å²) in [6, 6.07) is 0.295. The second-order valence-corrected chi connectivity index (χ2v) is 6.20. The Kier molecular flexibility index (Phi) is 6.62. The van der Waals surface area contributed by atoms with Crippen LogP contribution in [-0.2, 0) is 0 Å². The minimum atomic E-state index is -0.0952. The maximum Gasteiger partial charge on any atom is 0.271 e. The Labute approximate surface area is 133 Å². The van der Waals surface area contributed by atoms with Crippen molar-refractivity contribution in [2.75, 3.05) is 18.5 Å². The number of aromatic nitrogens is 2. The normalized spacial score (nSPS) is 16.1. The zero-order valence-electron chi connectivity index (χ0n) is 13.8. The van der Waals surface area contributed by atoms with Gasteiger partial charge in [-0.3, -0.25) is 4.79 Å². The number of amides is 1. The molecular weight excluding hydrogens is 276 g/mol. The summed E-state index contributed by atoms with van der Waals surface area (Å²) >= 11 is 0. The first kappa shape index (κ1) is 16.7. The Hall–Kier alpha value is -1.65. The topological polar surface area (TPSA) is 58.1 Å². The highest BCUT2D eigenvalue weighted by molar-refractivity contribution is 5.92. The van der Waals surface area contributed by atoms with E-state index in [1.807, 2.05) is 7.05 Å². The van der Waals surface area contributed by atoms with E-state index in [9.17, 15) is 4.79 Å². The van der Waals surface area contributed by atoms with Crippen LogP contribution in [0.3, 0.4) is 0 Å². The molecule has 1 heterocycles. The largest absolute Gasteiger partial charge is 0.358 e. The molecule has 0 unspecified atom stereocenters. The highest BCUT2D eigenvalue weighted by atomic mass is 16.1. The number of hydrogen-bond donors (Lipinski definition) is 1. The molecule has 1 amide bonds. The molecule has 5 heteroatoms. The van der Waals surface area contributed by atoms with Gasteiger partial charge in [0.05, 0.1) is 12.4 Å². The summed E-state index contributed by atoms with van der Waals surface area (Å²) in [6.07, 6.45) is 12.7. The first-order valence-corrected chi connectivity index (χ1v) is 8.54. The second-order valence-electron chi connectivity index (χ2n) is 6.20. The van der Waals surface area contributed by atoms with Gasteiger partial charge in [-0.05, 0) is 19.3 Å². The zero-order chi connectivity index (χ0) is 15.8. The van der Waals surface area contributed by atoms with E-state index in [2.05, 4.69) is 27.1 Å². The van der Waals surface area contributed by atoms with Crippen molar-refractivity contribution in [3.8, 4) is 0 Å². The average molecular weight is 304 g/mol. The number of carbonyl (C=O) groups is 1. The van der Waals surface area contributed by atoms with Crippen molar-refractivity contribution >= 4 is 11.7 Å². The predicted octanol–water partition coefficient (Wildman–Crippen LogP) is 3.17. The molecule has 22 heavy (non-hydrogen) atoms. The lowest BCUT2D eigenvalue weighted by atomic mass is 10.1. The number of nitrogens with zero attached hydrogens (tertiary/aromatic N) is 3. The van der Waals surface area contributed by atoms with Crippen LogP contribution >= 0.6 is 0 Å². The van der Waals surface area contributed by atoms with Gasteiger partial charge in [0, 0.05) is 19.6 Å².